The molecule has 1 aliphatic carbocycles. The van der Waals surface area contributed by atoms with Crippen molar-refractivity contribution in [1.82, 2.24) is 10.3 Å². The van der Waals surface area contributed by atoms with Gasteiger partial charge in [0.1, 0.15) is 0 Å². The molecular formula is C12H17F3N2. The lowest BCUT2D eigenvalue weighted by Gasteiger charge is -2.30. The first-order valence-corrected chi connectivity index (χ1v) is 5.98. The Labute approximate surface area is 98.6 Å². The highest BCUT2D eigenvalue weighted by Gasteiger charge is 2.41. The number of halogens is 3. The number of nitrogens with one attached hydrogen (secondary N) is 2. The third-order valence-electron chi connectivity index (χ3n) is 3.43. The van der Waals surface area contributed by atoms with Crippen LogP contribution in [0, 0.1) is 5.92 Å². The summed E-state index contributed by atoms with van der Waals surface area (Å²) in [5.41, 5.74) is 1.07. The molecule has 5 heteroatoms. The maximum Gasteiger partial charge on any atom is 0.391 e. The lowest BCUT2D eigenvalue weighted by molar-refractivity contribution is -0.182. The quantitative estimate of drug-likeness (QED) is 0.842. The number of H-pyrrole nitrogens is 1. The summed E-state index contributed by atoms with van der Waals surface area (Å²) in [5, 5.41) is 3.30. The van der Waals surface area contributed by atoms with Crippen molar-refractivity contribution in [3.8, 4) is 0 Å². The van der Waals surface area contributed by atoms with Gasteiger partial charge in [-0.05, 0) is 37.8 Å². The Morgan fingerprint density at radius 2 is 1.94 bits per heavy atom. The van der Waals surface area contributed by atoms with Gasteiger partial charge < -0.3 is 10.3 Å². The maximum absolute atomic E-state index is 12.5. The van der Waals surface area contributed by atoms with Gasteiger partial charge in [-0.3, -0.25) is 0 Å². The number of hydrogen-bond donors (Lipinski definition) is 2. The molecule has 17 heavy (non-hydrogen) atoms. The topological polar surface area (TPSA) is 27.8 Å². The van der Waals surface area contributed by atoms with Crippen LogP contribution in [0.2, 0.25) is 0 Å². The van der Waals surface area contributed by atoms with E-state index in [0.29, 0.717) is 19.4 Å². The van der Waals surface area contributed by atoms with Crippen LogP contribution in [-0.4, -0.2) is 17.2 Å². The predicted octanol–water partition coefficient (Wildman–Crippen LogP) is 3.23. The van der Waals surface area contributed by atoms with Crippen LogP contribution < -0.4 is 5.32 Å². The van der Waals surface area contributed by atoms with Gasteiger partial charge in [0, 0.05) is 24.5 Å². The van der Waals surface area contributed by atoms with Crippen molar-refractivity contribution in [2.45, 2.75) is 44.4 Å². The van der Waals surface area contributed by atoms with Crippen LogP contribution in [0.25, 0.3) is 0 Å². The lowest BCUT2D eigenvalue weighted by Crippen LogP contribution is -2.36. The van der Waals surface area contributed by atoms with Crippen LogP contribution in [0.1, 0.15) is 31.4 Å². The van der Waals surface area contributed by atoms with E-state index in [1.807, 2.05) is 18.3 Å². The number of aromatic nitrogens is 1. The van der Waals surface area contributed by atoms with Gasteiger partial charge in [-0.1, -0.05) is 0 Å². The highest BCUT2D eigenvalue weighted by atomic mass is 19.4. The minimum atomic E-state index is -4.01. The van der Waals surface area contributed by atoms with Gasteiger partial charge in [0.15, 0.2) is 0 Å². The summed E-state index contributed by atoms with van der Waals surface area (Å²) in [6.45, 7) is 0.703. The number of hydrogen-bond acceptors (Lipinski definition) is 1. The van der Waals surface area contributed by atoms with E-state index in [0.717, 1.165) is 5.69 Å². The fourth-order valence-corrected chi connectivity index (χ4v) is 2.36. The van der Waals surface area contributed by atoms with Crippen molar-refractivity contribution in [1.29, 1.82) is 0 Å². The van der Waals surface area contributed by atoms with Gasteiger partial charge in [-0.2, -0.15) is 13.2 Å². The monoisotopic (exact) mass is 246 g/mol. The Kier molecular flexibility index (Phi) is 3.76. The Hall–Kier alpha value is -0.970. The zero-order chi connectivity index (χ0) is 12.3. The zero-order valence-corrected chi connectivity index (χ0v) is 9.56. The fraction of sp³-hybridized carbons (Fsp3) is 0.667. The van der Waals surface area contributed by atoms with Crippen LogP contribution in [0.4, 0.5) is 13.2 Å². The van der Waals surface area contributed by atoms with Crippen LogP contribution in [-0.2, 0) is 6.54 Å². The maximum atomic E-state index is 12.5. The molecule has 0 radical (unpaired) electrons. The molecule has 0 atom stereocenters. The molecule has 1 aromatic heterocycles. The van der Waals surface area contributed by atoms with E-state index in [9.17, 15) is 13.2 Å². The van der Waals surface area contributed by atoms with Crippen molar-refractivity contribution >= 4 is 0 Å². The molecule has 1 aliphatic rings. The molecule has 0 amide bonds. The Morgan fingerprint density at radius 1 is 1.24 bits per heavy atom. The summed E-state index contributed by atoms with van der Waals surface area (Å²) in [7, 11) is 0. The number of rotatable bonds is 3. The van der Waals surface area contributed by atoms with Crippen molar-refractivity contribution in [2.75, 3.05) is 0 Å². The summed E-state index contributed by atoms with van der Waals surface area (Å²) >= 11 is 0. The molecule has 2 rings (SSSR count). The third kappa shape index (κ3) is 3.49. The summed E-state index contributed by atoms with van der Waals surface area (Å²) in [6, 6.07) is 4.10. The van der Waals surface area contributed by atoms with E-state index < -0.39 is 12.1 Å². The second-order valence-electron chi connectivity index (χ2n) is 4.67. The molecule has 1 heterocycles. The summed E-state index contributed by atoms with van der Waals surface area (Å²) in [5.74, 6) is -1.09. The molecule has 1 aromatic rings. The minimum absolute atomic E-state index is 0.219. The van der Waals surface area contributed by atoms with Crippen LogP contribution >= 0.6 is 0 Å². The molecule has 0 unspecified atom stereocenters. The van der Waals surface area contributed by atoms with Crippen molar-refractivity contribution < 1.29 is 13.2 Å². The van der Waals surface area contributed by atoms with Gasteiger partial charge in [0.05, 0.1) is 5.92 Å². The molecule has 2 nitrogen and oxygen atoms in total. The van der Waals surface area contributed by atoms with Crippen molar-refractivity contribution in [3.63, 3.8) is 0 Å². The molecule has 0 bridgehead atoms. The number of aromatic amines is 1. The minimum Gasteiger partial charge on any atom is -0.364 e. The van der Waals surface area contributed by atoms with E-state index in [1.165, 1.54) is 0 Å². The predicted molar refractivity (Wildman–Crippen MR) is 59.4 cm³/mol. The molecule has 1 saturated carbocycles. The first-order chi connectivity index (χ1) is 8.05. The van der Waals surface area contributed by atoms with Crippen LogP contribution in [0.5, 0.6) is 0 Å². The first kappa shape index (κ1) is 12.5. The van der Waals surface area contributed by atoms with Crippen LogP contribution in [0.15, 0.2) is 18.3 Å². The second-order valence-corrected chi connectivity index (χ2v) is 4.67. The standard InChI is InChI=1S/C12H17F3N2/c13-12(14,15)9-3-5-10(6-4-9)17-8-11-2-1-7-16-11/h1-2,7,9-10,16-17H,3-6,8H2. The van der Waals surface area contributed by atoms with Gasteiger partial charge in [-0.25, -0.2) is 0 Å². The first-order valence-electron chi connectivity index (χ1n) is 5.98. The average molecular weight is 246 g/mol. The van der Waals surface area contributed by atoms with Gasteiger partial charge in [0.2, 0.25) is 0 Å². The molecule has 96 valence electrons. The normalized spacial score (nSPS) is 26.1. The lowest BCUT2D eigenvalue weighted by atomic mass is 9.85. The fourth-order valence-electron chi connectivity index (χ4n) is 2.36. The summed E-state index contributed by atoms with van der Waals surface area (Å²) in [4.78, 5) is 3.07. The highest BCUT2D eigenvalue weighted by molar-refractivity contribution is 5.03. The molecule has 0 spiro atoms. The summed E-state index contributed by atoms with van der Waals surface area (Å²) in [6.07, 6.45) is -0.421. The van der Waals surface area contributed by atoms with E-state index >= 15 is 0 Å². The van der Waals surface area contributed by atoms with E-state index in [2.05, 4.69) is 10.3 Å². The Bertz CT molecular complexity index is 324. The third-order valence-corrected chi connectivity index (χ3v) is 3.43. The molecule has 1 fully saturated rings. The van der Waals surface area contributed by atoms with Crippen molar-refractivity contribution in [2.24, 2.45) is 5.92 Å². The van der Waals surface area contributed by atoms with Gasteiger partial charge in [-0.15, -0.1) is 0 Å². The molecule has 0 aromatic carbocycles. The SMILES string of the molecule is FC(F)(F)C1CCC(NCc2ccc[nH]2)CC1. The van der Waals surface area contributed by atoms with E-state index in [-0.39, 0.29) is 18.9 Å². The van der Waals surface area contributed by atoms with Gasteiger partial charge >= 0.3 is 6.18 Å². The van der Waals surface area contributed by atoms with E-state index in [4.69, 9.17) is 0 Å². The van der Waals surface area contributed by atoms with Crippen LogP contribution in [0.3, 0.4) is 0 Å². The molecule has 0 saturated heterocycles. The van der Waals surface area contributed by atoms with Crippen molar-refractivity contribution in [3.05, 3.63) is 24.0 Å². The largest absolute Gasteiger partial charge is 0.391 e. The second kappa shape index (κ2) is 5.12. The molecule has 0 aliphatic heterocycles. The van der Waals surface area contributed by atoms with E-state index in [1.54, 1.807) is 0 Å². The Morgan fingerprint density at radius 3 is 2.47 bits per heavy atom. The molecular weight excluding hydrogens is 229 g/mol. The smallest absolute Gasteiger partial charge is 0.364 e. The zero-order valence-electron chi connectivity index (χ0n) is 9.56. The Balaban J connectivity index is 1.72. The van der Waals surface area contributed by atoms with Gasteiger partial charge in [0.25, 0.3) is 0 Å². The average Bonchev–Trinajstić information content (AvgIpc) is 2.78. The summed E-state index contributed by atoms with van der Waals surface area (Å²) < 4.78 is 37.4. The number of alkyl halides is 3. The molecule has 2 N–H and O–H groups in total. The highest BCUT2D eigenvalue weighted by Crippen LogP contribution is 2.37.